The number of rotatable bonds is 13. The highest BCUT2D eigenvalue weighted by Crippen LogP contribution is 2.64. The molecule has 0 saturated heterocycles. The SMILES string of the molecule is C=C[C@@H](CC(=O)C(CC(=C)CC(CC)CC)C1CCCC1)[C@H]1C(CC)C1(C)C. The van der Waals surface area contributed by atoms with E-state index >= 15 is 0 Å². The first-order valence-electron chi connectivity index (χ1n) is 12.1. The number of hydrogen-bond acceptors (Lipinski definition) is 1. The molecule has 0 aromatic heterocycles. The molecule has 1 nitrogen and oxygen atoms in total. The summed E-state index contributed by atoms with van der Waals surface area (Å²) in [5.41, 5.74) is 1.68. The van der Waals surface area contributed by atoms with Gasteiger partial charge in [-0.05, 0) is 60.7 Å². The largest absolute Gasteiger partial charge is 0.299 e. The van der Waals surface area contributed by atoms with Gasteiger partial charge in [0.2, 0.25) is 0 Å². The second-order valence-corrected chi connectivity index (χ2v) is 10.4. The summed E-state index contributed by atoms with van der Waals surface area (Å²) >= 11 is 0. The molecule has 0 N–H and O–H groups in total. The Labute approximate surface area is 175 Å². The fourth-order valence-electron chi connectivity index (χ4n) is 6.44. The summed E-state index contributed by atoms with van der Waals surface area (Å²) in [6.07, 6.45) is 13.5. The average molecular weight is 387 g/mol. The highest BCUT2D eigenvalue weighted by Gasteiger charge is 2.58. The summed E-state index contributed by atoms with van der Waals surface area (Å²) in [5.74, 6) is 3.75. The number of carbonyl (C=O) groups excluding carboxylic acids is 1. The van der Waals surface area contributed by atoms with Crippen LogP contribution in [0.1, 0.15) is 98.8 Å². The maximum atomic E-state index is 13.5. The Morgan fingerprint density at radius 3 is 2.14 bits per heavy atom. The minimum Gasteiger partial charge on any atom is -0.299 e. The smallest absolute Gasteiger partial charge is 0.137 e. The van der Waals surface area contributed by atoms with Crippen LogP contribution in [0.4, 0.5) is 0 Å². The van der Waals surface area contributed by atoms with Crippen LogP contribution in [0.3, 0.4) is 0 Å². The first kappa shape index (κ1) is 23.4. The topological polar surface area (TPSA) is 17.1 Å². The highest BCUT2D eigenvalue weighted by atomic mass is 16.1. The quantitative estimate of drug-likeness (QED) is 0.293. The lowest BCUT2D eigenvalue weighted by atomic mass is 9.77. The molecule has 28 heavy (non-hydrogen) atoms. The van der Waals surface area contributed by atoms with Crippen molar-refractivity contribution in [2.75, 3.05) is 0 Å². The molecule has 2 unspecified atom stereocenters. The molecule has 0 heterocycles. The molecule has 2 fully saturated rings. The van der Waals surface area contributed by atoms with Crippen molar-refractivity contribution >= 4 is 5.78 Å². The van der Waals surface area contributed by atoms with E-state index in [1.54, 1.807) is 0 Å². The van der Waals surface area contributed by atoms with E-state index in [0.29, 0.717) is 35.4 Å². The van der Waals surface area contributed by atoms with Crippen LogP contribution in [0.2, 0.25) is 0 Å². The third kappa shape index (κ3) is 5.39. The zero-order valence-corrected chi connectivity index (χ0v) is 19.4. The Bertz CT molecular complexity index is 532. The predicted molar refractivity (Wildman–Crippen MR) is 122 cm³/mol. The summed E-state index contributed by atoms with van der Waals surface area (Å²) in [5, 5.41) is 0. The van der Waals surface area contributed by atoms with E-state index in [-0.39, 0.29) is 5.92 Å². The molecule has 4 atom stereocenters. The van der Waals surface area contributed by atoms with Crippen molar-refractivity contribution in [1.82, 2.24) is 0 Å². The van der Waals surface area contributed by atoms with Crippen LogP contribution >= 0.6 is 0 Å². The van der Waals surface area contributed by atoms with Crippen LogP contribution in [-0.4, -0.2) is 5.78 Å². The molecule has 0 radical (unpaired) electrons. The van der Waals surface area contributed by atoms with E-state index in [2.05, 4.69) is 53.9 Å². The third-order valence-corrected chi connectivity index (χ3v) is 8.40. The maximum Gasteiger partial charge on any atom is 0.137 e. The van der Waals surface area contributed by atoms with Gasteiger partial charge in [-0.15, -0.1) is 6.58 Å². The predicted octanol–water partition coefficient (Wildman–Crippen LogP) is 8.01. The van der Waals surface area contributed by atoms with Gasteiger partial charge in [0, 0.05) is 12.3 Å². The molecular formula is C27H46O. The first-order chi connectivity index (χ1) is 13.3. The number of allylic oxidation sites excluding steroid dienone is 2. The van der Waals surface area contributed by atoms with Gasteiger partial charge in [0.15, 0.2) is 0 Å². The zero-order chi connectivity index (χ0) is 20.9. The maximum absolute atomic E-state index is 13.5. The van der Waals surface area contributed by atoms with Crippen molar-refractivity contribution in [3.63, 3.8) is 0 Å². The van der Waals surface area contributed by atoms with Crippen molar-refractivity contribution in [1.29, 1.82) is 0 Å². The normalized spacial score (nSPS) is 26.2. The van der Waals surface area contributed by atoms with E-state index < -0.39 is 0 Å². The van der Waals surface area contributed by atoms with Gasteiger partial charge in [0.05, 0.1) is 0 Å². The zero-order valence-electron chi connectivity index (χ0n) is 19.4. The molecule has 0 aromatic rings. The molecular weight excluding hydrogens is 340 g/mol. The summed E-state index contributed by atoms with van der Waals surface area (Å²) in [4.78, 5) is 13.5. The molecule has 2 aliphatic rings. The van der Waals surface area contributed by atoms with Crippen molar-refractivity contribution < 1.29 is 4.79 Å². The lowest BCUT2D eigenvalue weighted by molar-refractivity contribution is -0.125. The molecule has 0 bridgehead atoms. The molecule has 0 aromatic carbocycles. The lowest BCUT2D eigenvalue weighted by Gasteiger charge is -2.26. The second kappa shape index (κ2) is 10.3. The van der Waals surface area contributed by atoms with E-state index in [0.717, 1.165) is 24.7 Å². The minimum atomic E-state index is 0.203. The van der Waals surface area contributed by atoms with Gasteiger partial charge in [-0.1, -0.05) is 85.0 Å². The lowest BCUT2D eigenvalue weighted by Crippen LogP contribution is -2.26. The number of ketones is 1. The van der Waals surface area contributed by atoms with E-state index in [1.807, 2.05) is 0 Å². The highest BCUT2D eigenvalue weighted by molar-refractivity contribution is 5.82. The standard InChI is InChI=1S/C27H46O/c1-8-20(9-2)16-19(5)17-23(22-14-12-13-15-22)25(28)18-21(10-3)26-24(11-4)27(26,6)7/h10,20-24,26H,3,5,8-9,11-18H2,1-2,4,6-7H3/t21-,23?,24?,26-/m0/s1. The first-order valence-corrected chi connectivity index (χ1v) is 12.1. The minimum absolute atomic E-state index is 0.203. The van der Waals surface area contributed by atoms with Crippen LogP contribution in [0.5, 0.6) is 0 Å². The van der Waals surface area contributed by atoms with E-state index in [9.17, 15) is 4.79 Å². The van der Waals surface area contributed by atoms with Crippen molar-refractivity contribution in [2.24, 2.45) is 40.9 Å². The summed E-state index contributed by atoms with van der Waals surface area (Å²) in [6, 6.07) is 0. The van der Waals surface area contributed by atoms with Gasteiger partial charge in [0.1, 0.15) is 5.78 Å². The Morgan fingerprint density at radius 1 is 1.07 bits per heavy atom. The molecule has 2 rings (SSSR count). The summed E-state index contributed by atoms with van der Waals surface area (Å²) in [6.45, 7) is 20.1. The average Bonchev–Trinajstić information content (AvgIpc) is 3.02. The number of carbonyl (C=O) groups is 1. The number of Topliss-reactive ketones (excluding diaryl/α,β-unsaturated/α-hetero) is 1. The van der Waals surface area contributed by atoms with Crippen LogP contribution in [0.25, 0.3) is 0 Å². The molecule has 0 amide bonds. The molecule has 1 heteroatoms. The van der Waals surface area contributed by atoms with E-state index in [4.69, 9.17) is 0 Å². The Balaban J connectivity index is 2.04. The third-order valence-electron chi connectivity index (χ3n) is 8.40. The van der Waals surface area contributed by atoms with Crippen molar-refractivity contribution in [3.05, 3.63) is 24.8 Å². The molecule has 0 aliphatic heterocycles. The van der Waals surface area contributed by atoms with Gasteiger partial charge in [0.25, 0.3) is 0 Å². The monoisotopic (exact) mass is 386 g/mol. The fraction of sp³-hybridized carbons (Fsp3) is 0.815. The fourth-order valence-corrected chi connectivity index (χ4v) is 6.44. The van der Waals surface area contributed by atoms with Crippen molar-refractivity contribution in [2.45, 2.75) is 98.8 Å². The molecule has 2 aliphatic carbocycles. The van der Waals surface area contributed by atoms with Crippen LogP contribution in [0.15, 0.2) is 24.8 Å². The Morgan fingerprint density at radius 2 is 1.68 bits per heavy atom. The van der Waals surface area contributed by atoms with E-state index in [1.165, 1.54) is 50.5 Å². The van der Waals surface area contributed by atoms with Gasteiger partial charge >= 0.3 is 0 Å². The Kier molecular flexibility index (Phi) is 8.59. The second-order valence-electron chi connectivity index (χ2n) is 10.4. The molecule has 160 valence electrons. The molecule has 2 saturated carbocycles. The summed E-state index contributed by atoms with van der Waals surface area (Å²) in [7, 11) is 0. The van der Waals surface area contributed by atoms with Gasteiger partial charge in [-0.3, -0.25) is 4.79 Å². The van der Waals surface area contributed by atoms with Gasteiger partial charge < -0.3 is 0 Å². The summed E-state index contributed by atoms with van der Waals surface area (Å²) < 4.78 is 0. The Hall–Kier alpha value is -0.850. The van der Waals surface area contributed by atoms with Gasteiger partial charge in [-0.2, -0.15) is 0 Å². The van der Waals surface area contributed by atoms with Gasteiger partial charge in [-0.25, -0.2) is 0 Å². The van der Waals surface area contributed by atoms with Crippen molar-refractivity contribution in [3.8, 4) is 0 Å². The molecule has 0 spiro atoms. The number of hydrogen-bond donors (Lipinski definition) is 0. The van der Waals surface area contributed by atoms with Crippen LogP contribution in [-0.2, 0) is 4.79 Å². The van der Waals surface area contributed by atoms with Crippen LogP contribution in [0, 0.1) is 40.9 Å². The van der Waals surface area contributed by atoms with Crippen LogP contribution < -0.4 is 0 Å².